The highest BCUT2D eigenvalue weighted by atomic mass is 15.0. The lowest BCUT2D eigenvalue weighted by molar-refractivity contribution is 0.666. The Balaban J connectivity index is 1.26. The van der Waals surface area contributed by atoms with E-state index in [0.29, 0.717) is 5.56 Å². The van der Waals surface area contributed by atoms with Gasteiger partial charge < -0.3 is 4.57 Å². The summed E-state index contributed by atoms with van der Waals surface area (Å²) in [4.78, 5) is 5.18. The highest BCUT2D eigenvalue weighted by Gasteiger charge is 2.38. The minimum atomic E-state index is -0.158. The smallest absolute Gasteiger partial charge is 0.0991 e. The molecule has 2 heterocycles. The Morgan fingerprint density at radius 1 is 0.500 bits per heavy atom. The van der Waals surface area contributed by atoms with E-state index in [1.54, 1.807) is 0 Å². The van der Waals surface area contributed by atoms with E-state index in [4.69, 9.17) is 4.98 Å². The van der Waals surface area contributed by atoms with Gasteiger partial charge in [0.05, 0.1) is 34.1 Å². The lowest BCUT2D eigenvalue weighted by Crippen LogP contribution is -2.15. The van der Waals surface area contributed by atoms with E-state index in [-0.39, 0.29) is 5.41 Å². The standard InChI is InChI=1S/C51H35N3/c1-51(2)44-19-11-9-17-41(44)42-25-26-48-49(50(42)51)43-18-10-12-20-47(43)54(48)40-28-37(34-23-21-33(32-52)22-24-34)27-38(29-40)39-30-45(35-13-5-3-6-14-35)53-46(31-39)36-15-7-4-8-16-36/h3-31H,1-2H3. The number of nitrogens with zero attached hydrogens (tertiary/aromatic N) is 3. The molecule has 254 valence electrons. The van der Waals surface area contributed by atoms with Gasteiger partial charge in [0, 0.05) is 33.0 Å². The van der Waals surface area contributed by atoms with Crippen molar-refractivity contribution >= 4 is 21.8 Å². The molecule has 0 spiro atoms. The molecule has 7 aromatic carbocycles. The number of para-hydroxylation sites is 1. The van der Waals surface area contributed by atoms with Gasteiger partial charge in [0.1, 0.15) is 0 Å². The average molecular weight is 690 g/mol. The van der Waals surface area contributed by atoms with Gasteiger partial charge in [-0.3, -0.25) is 0 Å². The second-order valence-electron chi connectivity index (χ2n) is 14.7. The maximum Gasteiger partial charge on any atom is 0.0991 e. The molecule has 0 bridgehead atoms. The van der Waals surface area contributed by atoms with Gasteiger partial charge in [0.2, 0.25) is 0 Å². The summed E-state index contributed by atoms with van der Waals surface area (Å²) in [6.07, 6.45) is 0. The fourth-order valence-corrected chi connectivity index (χ4v) is 8.63. The molecule has 0 radical (unpaired) electrons. The Labute approximate surface area is 315 Å². The first-order chi connectivity index (χ1) is 26.5. The van der Waals surface area contributed by atoms with Crippen molar-refractivity contribution in [3.8, 4) is 67.7 Å². The number of hydrogen-bond acceptors (Lipinski definition) is 2. The van der Waals surface area contributed by atoms with Gasteiger partial charge in [-0.25, -0.2) is 4.98 Å². The summed E-state index contributed by atoms with van der Waals surface area (Å²) >= 11 is 0. The normalized spacial score (nSPS) is 12.8. The van der Waals surface area contributed by atoms with Crippen molar-refractivity contribution < 1.29 is 0 Å². The van der Waals surface area contributed by atoms with Gasteiger partial charge in [-0.2, -0.15) is 5.26 Å². The fraction of sp³-hybridized carbons (Fsp3) is 0.0588. The van der Waals surface area contributed by atoms with Crippen LogP contribution in [0.15, 0.2) is 176 Å². The Kier molecular flexibility index (Phi) is 7.22. The molecule has 0 saturated heterocycles. The molecule has 0 amide bonds. The predicted octanol–water partition coefficient (Wildman–Crippen LogP) is 13.0. The molecule has 54 heavy (non-hydrogen) atoms. The average Bonchev–Trinajstić information content (AvgIpc) is 3.69. The van der Waals surface area contributed by atoms with Crippen LogP contribution in [0.25, 0.3) is 83.4 Å². The van der Waals surface area contributed by atoms with Crippen molar-refractivity contribution in [3.63, 3.8) is 0 Å². The first-order valence-electron chi connectivity index (χ1n) is 18.4. The highest BCUT2D eigenvalue weighted by Crippen LogP contribution is 2.53. The lowest BCUT2D eigenvalue weighted by atomic mass is 9.80. The van der Waals surface area contributed by atoms with Crippen LogP contribution in [-0.2, 0) is 5.41 Å². The summed E-state index contributed by atoms with van der Waals surface area (Å²) in [5.41, 5.74) is 17.6. The molecule has 3 heteroatoms. The molecule has 0 unspecified atom stereocenters. The lowest BCUT2D eigenvalue weighted by Gasteiger charge is -2.22. The Bertz CT molecular complexity index is 2890. The van der Waals surface area contributed by atoms with E-state index < -0.39 is 0 Å². The van der Waals surface area contributed by atoms with Gasteiger partial charge >= 0.3 is 0 Å². The number of hydrogen-bond donors (Lipinski definition) is 0. The molecule has 9 aromatic rings. The molecule has 0 saturated carbocycles. The minimum Gasteiger partial charge on any atom is -0.309 e. The zero-order chi connectivity index (χ0) is 36.4. The number of nitriles is 1. The molecule has 0 atom stereocenters. The first kappa shape index (κ1) is 31.7. The van der Waals surface area contributed by atoms with Crippen molar-refractivity contribution in [3.05, 3.63) is 193 Å². The van der Waals surface area contributed by atoms with Crippen molar-refractivity contribution in [2.75, 3.05) is 0 Å². The van der Waals surface area contributed by atoms with Crippen LogP contribution in [0.2, 0.25) is 0 Å². The van der Waals surface area contributed by atoms with E-state index in [2.05, 4.69) is 176 Å². The third-order valence-corrected chi connectivity index (χ3v) is 11.2. The van der Waals surface area contributed by atoms with Crippen LogP contribution in [0.4, 0.5) is 0 Å². The molecule has 0 aliphatic heterocycles. The van der Waals surface area contributed by atoms with E-state index in [1.807, 2.05) is 24.3 Å². The van der Waals surface area contributed by atoms with Gasteiger partial charge in [-0.05, 0) is 99.1 Å². The monoisotopic (exact) mass is 689 g/mol. The molecule has 0 N–H and O–H groups in total. The fourth-order valence-electron chi connectivity index (χ4n) is 8.63. The van der Waals surface area contributed by atoms with Crippen LogP contribution in [0.3, 0.4) is 0 Å². The summed E-state index contributed by atoms with van der Waals surface area (Å²) in [7, 11) is 0. The summed E-state index contributed by atoms with van der Waals surface area (Å²) in [5, 5.41) is 12.2. The van der Waals surface area contributed by atoms with Gasteiger partial charge in [-0.1, -0.05) is 135 Å². The summed E-state index contributed by atoms with van der Waals surface area (Å²) in [6.45, 7) is 4.73. The summed E-state index contributed by atoms with van der Waals surface area (Å²) in [6, 6.07) is 64.7. The van der Waals surface area contributed by atoms with Crippen LogP contribution in [-0.4, -0.2) is 9.55 Å². The van der Waals surface area contributed by atoms with Gasteiger partial charge in [-0.15, -0.1) is 0 Å². The van der Waals surface area contributed by atoms with Crippen molar-refractivity contribution in [1.29, 1.82) is 5.26 Å². The molecule has 3 nitrogen and oxygen atoms in total. The van der Waals surface area contributed by atoms with Crippen molar-refractivity contribution in [1.82, 2.24) is 9.55 Å². The quantitative estimate of drug-likeness (QED) is 0.180. The Morgan fingerprint density at radius 3 is 1.78 bits per heavy atom. The molecule has 10 rings (SSSR count). The van der Waals surface area contributed by atoms with E-state index in [9.17, 15) is 5.26 Å². The van der Waals surface area contributed by atoms with Gasteiger partial charge in [0.25, 0.3) is 0 Å². The van der Waals surface area contributed by atoms with Crippen LogP contribution in [0.1, 0.15) is 30.5 Å². The largest absolute Gasteiger partial charge is 0.309 e. The molecule has 1 aliphatic carbocycles. The number of rotatable bonds is 5. The third kappa shape index (κ3) is 4.99. The zero-order valence-electron chi connectivity index (χ0n) is 30.1. The topological polar surface area (TPSA) is 41.6 Å². The third-order valence-electron chi connectivity index (χ3n) is 11.2. The van der Waals surface area contributed by atoms with Crippen molar-refractivity contribution in [2.24, 2.45) is 0 Å². The number of pyridine rings is 1. The van der Waals surface area contributed by atoms with E-state index in [0.717, 1.165) is 50.5 Å². The van der Waals surface area contributed by atoms with Crippen LogP contribution in [0, 0.1) is 11.3 Å². The zero-order valence-corrected chi connectivity index (χ0v) is 30.1. The number of benzene rings is 7. The van der Waals surface area contributed by atoms with Crippen LogP contribution in [0.5, 0.6) is 0 Å². The molecular formula is C51H35N3. The molecule has 0 fully saturated rings. The Morgan fingerprint density at radius 2 is 1.09 bits per heavy atom. The second kappa shape index (κ2) is 12.3. The Hall–Kier alpha value is -7.02. The maximum atomic E-state index is 9.60. The highest BCUT2D eigenvalue weighted by molar-refractivity contribution is 6.14. The van der Waals surface area contributed by atoms with Crippen LogP contribution >= 0.6 is 0 Å². The minimum absolute atomic E-state index is 0.158. The number of fused-ring (bicyclic) bond motifs is 7. The predicted molar refractivity (Wildman–Crippen MR) is 223 cm³/mol. The molecule has 2 aromatic heterocycles. The second-order valence-corrected chi connectivity index (χ2v) is 14.7. The maximum absolute atomic E-state index is 9.60. The van der Waals surface area contributed by atoms with E-state index >= 15 is 0 Å². The number of aromatic nitrogens is 2. The summed E-state index contributed by atoms with van der Waals surface area (Å²) in [5.74, 6) is 0. The molecular weight excluding hydrogens is 655 g/mol. The first-order valence-corrected chi connectivity index (χ1v) is 18.4. The van der Waals surface area contributed by atoms with Gasteiger partial charge in [0.15, 0.2) is 0 Å². The molecule has 1 aliphatic rings. The van der Waals surface area contributed by atoms with Crippen LogP contribution < -0.4 is 0 Å². The van der Waals surface area contributed by atoms with Crippen molar-refractivity contribution in [2.45, 2.75) is 19.3 Å². The summed E-state index contributed by atoms with van der Waals surface area (Å²) < 4.78 is 2.44. The SMILES string of the molecule is CC1(C)c2ccccc2-c2ccc3c(c21)c1ccccc1n3-c1cc(-c2ccc(C#N)cc2)cc(-c2cc(-c3ccccc3)nc(-c3ccccc3)c2)c1. The van der Waals surface area contributed by atoms with E-state index in [1.165, 1.54) is 44.1 Å².